The third-order valence-corrected chi connectivity index (χ3v) is 4.54. The van der Waals surface area contributed by atoms with Crippen molar-refractivity contribution in [3.8, 4) is 0 Å². The van der Waals surface area contributed by atoms with Gasteiger partial charge in [-0.2, -0.15) is 0 Å². The number of nitrogens with two attached hydrogens (primary N) is 1. The van der Waals surface area contributed by atoms with Crippen molar-refractivity contribution in [3.63, 3.8) is 0 Å². The summed E-state index contributed by atoms with van der Waals surface area (Å²) in [7, 11) is 0. The summed E-state index contributed by atoms with van der Waals surface area (Å²) in [4.78, 5) is 23.8. The van der Waals surface area contributed by atoms with Gasteiger partial charge in [-0.25, -0.2) is 4.79 Å². The van der Waals surface area contributed by atoms with Crippen molar-refractivity contribution in [2.45, 2.75) is 43.0 Å². The zero-order valence-corrected chi connectivity index (χ0v) is 12.7. The molecular formula is C15H21N3O2S. The summed E-state index contributed by atoms with van der Waals surface area (Å²) < 4.78 is 0. The van der Waals surface area contributed by atoms with E-state index in [2.05, 4.69) is 10.6 Å². The molecule has 2 rings (SSSR count). The second kappa shape index (κ2) is 7.93. The maximum Gasteiger partial charge on any atom is 0.319 e. The number of rotatable bonds is 5. The van der Waals surface area contributed by atoms with Crippen LogP contribution in [0.4, 0.5) is 10.5 Å². The SMILES string of the molecule is NC(=O)CSc1ccccc1NC(=O)NC1CCCCC1. The zero-order chi connectivity index (χ0) is 15.1. The molecular weight excluding hydrogens is 286 g/mol. The summed E-state index contributed by atoms with van der Waals surface area (Å²) in [5.41, 5.74) is 5.86. The molecule has 6 heteroatoms. The second-order valence-electron chi connectivity index (χ2n) is 5.18. The average Bonchev–Trinajstić information content (AvgIpc) is 2.47. The molecule has 3 amide bonds. The number of urea groups is 1. The highest BCUT2D eigenvalue weighted by Gasteiger charge is 2.16. The molecule has 0 radical (unpaired) electrons. The lowest BCUT2D eigenvalue weighted by Crippen LogP contribution is -2.39. The molecule has 1 saturated carbocycles. The molecule has 0 saturated heterocycles. The van der Waals surface area contributed by atoms with Crippen molar-refractivity contribution in [1.29, 1.82) is 0 Å². The lowest BCUT2D eigenvalue weighted by Gasteiger charge is -2.23. The first-order valence-electron chi connectivity index (χ1n) is 7.23. The summed E-state index contributed by atoms with van der Waals surface area (Å²) in [5.74, 6) is -0.176. The minimum atomic E-state index is -0.374. The van der Waals surface area contributed by atoms with Gasteiger partial charge in [0, 0.05) is 10.9 Å². The van der Waals surface area contributed by atoms with Crippen LogP contribution in [-0.2, 0) is 4.79 Å². The molecule has 114 valence electrons. The van der Waals surface area contributed by atoms with Crippen LogP contribution in [0.25, 0.3) is 0 Å². The Hall–Kier alpha value is -1.69. The van der Waals surface area contributed by atoms with Crippen LogP contribution >= 0.6 is 11.8 Å². The largest absolute Gasteiger partial charge is 0.369 e. The van der Waals surface area contributed by atoms with Crippen LogP contribution in [0.3, 0.4) is 0 Å². The number of anilines is 1. The van der Waals surface area contributed by atoms with E-state index in [0.29, 0.717) is 5.69 Å². The van der Waals surface area contributed by atoms with E-state index in [9.17, 15) is 9.59 Å². The highest BCUT2D eigenvalue weighted by molar-refractivity contribution is 8.00. The van der Waals surface area contributed by atoms with Gasteiger partial charge in [-0.3, -0.25) is 4.79 Å². The molecule has 0 aliphatic heterocycles. The number of amides is 3. The third kappa shape index (κ3) is 5.30. The van der Waals surface area contributed by atoms with E-state index in [1.165, 1.54) is 31.0 Å². The van der Waals surface area contributed by atoms with Crippen molar-refractivity contribution in [1.82, 2.24) is 5.32 Å². The van der Waals surface area contributed by atoms with Crippen LogP contribution < -0.4 is 16.4 Å². The molecule has 4 N–H and O–H groups in total. The van der Waals surface area contributed by atoms with Crippen molar-refractivity contribution in [2.24, 2.45) is 5.73 Å². The van der Waals surface area contributed by atoms with Gasteiger partial charge >= 0.3 is 6.03 Å². The van der Waals surface area contributed by atoms with E-state index in [-0.39, 0.29) is 23.7 Å². The predicted molar refractivity (Wildman–Crippen MR) is 85.4 cm³/mol. The molecule has 0 atom stereocenters. The van der Waals surface area contributed by atoms with Gasteiger partial charge in [-0.1, -0.05) is 31.4 Å². The van der Waals surface area contributed by atoms with Gasteiger partial charge in [0.05, 0.1) is 11.4 Å². The molecule has 1 aromatic carbocycles. The lowest BCUT2D eigenvalue weighted by atomic mass is 9.96. The van der Waals surface area contributed by atoms with E-state index in [1.807, 2.05) is 24.3 Å². The summed E-state index contributed by atoms with van der Waals surface area (Å²) in [6.07, 6.45) is 5.70. The van der Waals surface area contributed by atoms with Gasteiger partial charge in [0.1, 0.15) is 0 Å². The molecule has 0 spiro atoms. The number of hydrogen-bond donors (Lipinski definition) is 3. The van der Waals surface area contributed by atoms with Gasteiger partial charge in [0.15, 0.2) is 0 Å². The zero-order valence-electron chi connectivity index (χ0n) is 11.9. The number of benzene rings is 1. The van der Waals surface area contributed by atoms with Crippen LogP contribution in [0, 0.1) is 0 Å². The van der Waals surface area contributed by atoms with E-state index in [4.69, 9.17) is 5.73 Å². The normalized spacial score (nSPS) is 15.4. The predicted octanol–water partition coefficient (Wildman–Crippen LogP) is 2.72. The van der Waals surface area contributed by atoms with Gasteiger partial charge in [-0.05, 0) is 25.0 Å². The van der Waals surface area contributed by atoms with Crippen molar-refractivity contribution >= 4 is 29.4 Å². The number of primary amides is 1. The Labute approximate surface area is 129 Å². The fourth-order valence-corrected chi connectivity index (χ4v) is 3.18. The van der Waals surface area contributed by atoms with Crippen LogP contribution in [0.2, 0.25) is 0 Å². The molecule has 0 unspecified atom stereocenters. The molecule has 1 aliphatic carbocycles. The molecule has 0 heterocycles. The molecule has 0 aromatic heterocycles. The fourth-order valence-electron chi connectivity index (χ4n) is 2.44. The number of para-hydroxylation sites is 1. The lowest BCUT2D eigenvalue weighted by molar-refractivity contribution is -0.115. The highest BCUT2D eigenvalue weighted by atomic mass is 32.2. The summed E-state index contributed by atoms with van der Waals surface area (Å²) in [5, 5.41) is 5.87. The number of nitrogens with one attached hydrogen (secondary N) is 2. The van der Waals surface area contributed by atoms with Crippen molar-refractivity contribution in [2.75, 3.05) is 11.1 Å². The van der Waals surface area contributed by atoms with Gasteiger partial charge in [0.25, 0.3) is 0 Å². The summed E-state index contributed by atoms with van der Waals surface area (Å²) in [6, 6.07) is 7.49. The summed E-state index contributed by atoms with van der Waals surface area (Å²) in [6.45, 7) is 0. The molecule has 5 nitrogen and oxygen atoms in total. The number of thioether (sulfide) groups is 1. The topological polar surface area (TPSA) is 84.2 Å². The Morgan fingerprint density at radius 3 is 2.62 bits per heavy atom. The van der Waals surface area contributed by atoms with Crippen LogP contribution in [0.5, 0.6) is 0 Å². The number of hydrogen-bond acceptors (Lipinski definition) is 3. The minimum absolute atomic E-state index is 0.186. The van der Waals surface area contributed by atoms with Gasteiger partial charge in [0.2, 0.25) is 5.91 Å². The monoisotopic (exact) mass is 307 g/mol. The molecule has 1 aromatic rings. The Morgan fingerprint density at radius 1 is 1.19 bits per heavy atom. The first-order chi connectivity index (χ1) is 10.1. The second-order valence-corrected chi connectivity index (χ2v) is 6.20. The average molecular weight is 307 g/mol. The fraction of sp³-hybridized carbons (Fsp3) is 0.467. The maximum atomic E-state index is 12.0. The number of carbonyl (C=O) groups excluding carboxylic acids is 2. The Balaban J connectivity index is 1.91. The standard InChI is InChI=1S/C15H21N3O2S/c16-14(19)10-21-13-9-5-4-8-12(13)18-15(20)17-11-6-2-1-3-7-11/h4-5,8-9,11H,1-3,6-7,10H2,(H2,16,19)(H2,17,18,20). The van der Waals surface area contributed by atoms with Crippen molar-refractivity contribution < 1.29 is 9.59 Å². The van der Waals surface area contributed by atoms with Crippen LogP contribution in [-0.4, -0.2) is 23.7 Å². The van der Waals surface area contributed by atoms with E-state index < -0.39 is 0 Å². The van der Waals surface area contributed by atoms with Gasteiger partial charge in [-0.15, -0.1) is 11.8 Å². The Kier molecular flexibility index (Phi) is 5.92. The Morgan fingerprint density at radius 2 is 1.90 bits per heavy atom. The third-order valence-electron chi connectivity index (χ3n) is 3.45. The Bertz CT molecular complexity index is 501. The van der Waals surface area contributed by atoms with E-state index >= 15 is 0 Å². The molecule has 1 aliphatic rings. The molecule has 0 bridgehead atoms. The van der Waals surface area contributed by atoms with Gasteiger partial charge < -0.3 is 16.4 Å². The number of carbonyl (C=O) groups is 2. The molecule has 1 fully saturated rings. The van der Waals surface area contributed by atoms with Crippen LogP contribution in [0.1, 0.15) is 32.1 Å². The highest BCUT2D eigenvalue weighted by Crippen LogP contribution is 2.26. The first kappa shape index (κ1) is 15.7. The maximum absolute atomic E-state index is 12.0. The van der Waals surface area contributed by atoms with E-state index in [1.54, 1.807) is 0 Å². The molecule has 21 heavy (non-hydrogen) atoms. The smallest absolute Gasteiger partial charge is 0.319 e. The van der Waals surface area contributed by atoms with Crippen molar-refractivity contribution in [3.05, 3.63) is 24.3 Å². The quantitative estimate of drug-likeness (QED) is 0.731. The van der Waals surface area contributed by atoms with E-state index in [0.717, 1.165) is 17.7 Å². The minimum Gasteiger partial charge on any atom is -0.369 e. The first-order valence-corrected chi connectivity index (χ1v) is 8.21. The summed E-state index contributed by atoms with van der Waals surface area (Å²) >= 11 is 1.33. The van der Waals surface area contributed by atoms with Crippen LogP contribution in [0.15, 0.2) is 29.2 Å².